The summed E-state index contributed by atoms with van der Waals surface area (Å²) in [6, 6.07) is 7.58. The van der Waals surface area contributed by atoms with Crippen LogP contribution < -0.4 is 11.1 Å². The number of nitrogens with zero attached hydrogens (tertiary/aromatic N) is 1. The normalized spacial score (nSPS) is 17.1. The molecular weight excluding hydrogens is 304 g/mol. The molecule has 6 nitrogen and oxygen atoms in total. The molecule has 0 unspecified atom stereocenters. The number of hydrogen-bond donors (Lipinski definition) is 3. The van der Waals surface area contributed by atoms with Crippen LogP contribution in [0.5, 0.6) is 0 Å². The summed E-state index contributed by atoms with van der Waals surface area (Å²) >= 11 is 0. The maximum atomic E-state index is 12.3. The van der Waals surface area contributed by atoms with Crippen molar-refractivity contribution in [3.8, 4) is 0 Å². The maximum absolute atomic E-state index is 12.3. The van der Waals surface area contributed by atoms with E-state index >= 15 is 0 Å². The van der Waals surface area contributed by atoms with Crippen LogP contribution in [0.1, 0.15) is 11.3 Å². The molecule has 0 radical (unpaired) electrons. The number of aryl methyl sites for hydroxylation is 1. The zero-order valence-corrected chi connectivity index (χ0v) is 14.2. The molecule has 3 rings (SSSR count). The van der Waals surface area contributed by atoms with Crippen LogP contribution in [-0.4, -0.2) is 61.2 Å². The van der Waals surface area contributed by atoms with E-state index in [-0.39, 0.29) is 5.91 Å². The third kappa shape index (κ3) is 3.95. The number of benzene rings is 1. The fourth-order valence-electron chi connectivity index (χ4n) is 3.20. The van der Waals surface area contributed by atoms with Crippen LogP contribution in [0.4, 0.5) is 0 Å². The molecule has 4 N–H and O–H groups in total. The summed E-state index contributed by atoms with van der Waals surface area (Å²) in [5.74, 6) is -0.0899. The average molecular weight is 330 g/mol. The van der Waals surface area contributed by atoms with Crippen molar-refractivity contribution in [1.82, 2.24) is 15.2 Å². The highest BCUT2D eigenvalue weighted by Crippen LogP contribution is 2.22. The molecule has 1 aliphatic rings. The highest BCUT2D eigenvalue weighted by Gasteiger charge is 2.18. The van der Waals surface area contributed by atoms with Crippen molar-refractivity contribution < 1.29 is 9.53 Å². The van der Waals surface area contributed by atoms with Crippen LogP contribution in [0, 0.1) is 6.92 Å². The molecule has 1 saturated heterocycles. The van der Waals surface area contributed by atoms with Gasteiger partial charge in [0.1, 0.15) is 0 Å². The van der Waals surface area contributed by atoms with Crippen molar-refractivity contribution in [3.05, 3.63) is 35.5 Å². The van der Waals surface area contributed by atoms with Crippen LogP contribution in [0.25, 0.3) is 10.9 Å². The van der Waals surface area contributed by atoms with Gasteiger partial charge in [-0.05, 0) is 25.0 Å². The number of ether oxygens (including phenoxy) is 1. The number of rotatable bonds is 6. The van der Waals surface area contributed by atoms with Crippen molar-refractivity contribution >= 4 is 16.8 Å². The predicted molar refractivity (Wildman–Crippen MR) is 95.0 cm³/mol. The lowest BCUT2D eigenvalue weighted by Gasteiger charge is -2.26. The van der Waals surface area contributed by atoms with Gasteiger partial charge < -0.3 is 20.8 Å². The largest absolute Gasteiger partial charge is 0.379 e. The summed E-state index contributed by atoms with van der Waals surface area (Å²) in [5.41, 5.74) is 9.42. The molecule has 1 fully saturated rings. The topological polar surface area (TPSA) is 83.4 Å². The van der Waals surface area contributed by atoms with E-state index in [9.17, 15) is 4.79 Å². The number of H-pyrrole nitrogens is 1. The Morgan fingerprint density at radius 3 is 2.92 bits per heavy atom. The Hall–Kier alpha value is -1.89. The summed E-state index contributed by atoms with van der Waals surface area (Å²) in [6.07, 6.45) is 0.541. The Morgan fingerprint density at radius 2 is 2.12 bits per heavy atom. The molecule has 130 valence electrons. The van der Waals surface area contributed by atoms with Gasteiger partial charge in [0, 0.05) is 42.8 Å². The fraction of sp³-hybridized carbons (Fsp3) is 0.500. The number of aromatic amines is 1. The van der Waals surface area contributed by atoms with Gasteiger partial charge >= 0.3 is 0 Å². The zero-order chi connectivity index (χ0) is 16.9. The van der Waals surface area contributed by atoms with E-state index in [1.54, 1.807) is 0 Å². The lowest BCUT2D eigenvalue weighted by molar-refractivity contribution is -0.122. The quantitative estimate of drug-likeness (QED) is 0.731. The SMILES string of the molecule is Cc1[nH]c2ccccc2c1C[C@H](N)C(=O)NCCN1CCOCC1. The Balaban J connectivity index is 1.52. The second-order valence-corrected chi connectivity index (χ2v) is 6.33. The Kier molecular flexibility index (Phi) is 5.50. The molecule has 0 bridgehead atoms. The van der Waals surface area contributed by atoms with Crippen molar-refractivity contribution in [2.24, 2.45) is 5.73 Å². The predicted octanol–water partition coefficient (Wildman–Crippen LogP) is 0.795. The van der Waals surface area contributed by atoms with Crippen LogP contribution in [0.3, 0.4) is 0 Å². The molecule has 2 heterocycles. The second kappa shape index (κ2) is 7.79. The molecule has 2 aromatic rings. The summed E-state index contributed by atoms with van der Waals surface area (Å²) in [4.78, 5) is 17.9. The van der Waals surface area contributed by atoms with Crippen LogP contribution in [0.15, 0.2) is 24.3 Å². The maximum Gasteiger partial charge on any atom is 0.237 e. The van der Waals surface area contributed by atoms with Gasteiger partial charge in [0.05, 0.1) is 19.3 Å². The first kappa shape index (κ1) is 17.0. The van der Waals surface area contributed by atoms with Crippen LogP contribution >= 0.6 is 0 Å². The third-order valence-corrected chi connectivity index (χ3v) is 4.62. The Morgan fingerprint density at radius 1 is 1.38 bits per heavy atom. The number of carbonyl (C=O) groups excluding carboxylic acids is 1. The number of carbonyl (C=O) groups is 1. The number of nitrogens with two attached hydrogens (primary N) is 1. The van der Waals surface area contributed by atoms with Crippen LogP contribution in [0.2, 0.25) is 0 Å². The van der Waals surface area contributed by atoms with Gasteiger partial charge in [0.15, 0.2) is 0 Å². The third-order valence-electron chi connectivity index (χ3n) is 4.62. The van der Waals surface area contributed by atoms with Gasteiger partial charge in [0.25, 0.3) is 0 Å². The second-order valence-electron chi connectivity index (χ2n) is 6.33. The number of hydrogen-bond acceptors (Lipinski definition) is 4. The molecule has 24 heavy (non-hydrogen) atoms. The number of aromatic nitrogens is 1. The Labute approximate surface area is 142 Å². The number of para-hydroxylation sites is 1. The van der Waals surface area contributed by atoms with E-state index in [0.717, 1.165) is 55.0 Å². The molecule has 1 atom stereocenters. The van der Waals surface area contributed by atoms with Crippen molar-refractivity contribution in [1.29, 1.82) is 0 Å². The van der Waals surface area contributed by atoms with E-state index < -0.39 is 6.04 Å². The number of fused-ring (bicyclic) bond motifs is 1. The van der Waals surface area contributed by atoms with Gasteiger partial charge in [-0.25, -0.2) is 0 Å². The fourth-order valence-corrected chi connectivity index (χ4v) is 3.20. The van der Waals surface area contributed by atoms with Gasteiger partial charge in [-0.2, -0.15) is 0 Å². The molecule has 1 aliphatic heterocycles. The minimum Gasteiger partial charge on any atom is -0.379 e. The van der Waals surface area contributed by atoms with E-state index in [2.05, 4.69) is 21.3 Å². The molecule has 0 spiro atoms. The average Bonchev–Trinajstić information content (AvgIpc) is 2.91. The van der Waals surface area contributed by atoms with Crippen molar-refractivity contribution in [3.63, 3.8) is 0 Å². The molecule has 1 amide bonds. The first-order valence-corrected chi connectivity index (χ1v) is 8.54. The standard InChI is InChI=1S/C18H26N4O2/c1-13-15(14-4-2-3-5-17(14)21-13)12-16(19)18(23)20-6-7-22-8-10-24-11-9-22/h2-5,16,21H,6-12,19H2,1H3,(H,20,23)/t16-/m0/s1. The summed E-state index contributed by atoms with van der Waals surface area (Å²) < 4.78 is 5.32. The van der Waals surface area contributed by atoms with Gasteiger partial charge in [-0.15, -0.1) is 0 Å². The monoisotopic (exact) mass is 330 g/mol. The van der Waals surface area contributed by atoms with Gasteiger partial charge in [-0.1, -0.05) is 18.2 Å². The van der Waals surface area contributed by atoms with E-state index in [1.807, 2.05) is 25.1 Å². The minimum atomic E-state index is -0.535. The zero-order valence-electron chi connectivity index (χ0n) is 14.2. The van der Waals surface area contributed by atoms with E-state index in [1.165, 1.54) is 0 Å². The first-order valence-electron chi connectivity index (χ1n) is 8.54. The number of nitrogens with one attached hydrogen (secondary N) is 2. The van der Waals surface area contributed by atoms with Crippen molar-refractivity contribution in [2.75, 3.05) is 39.4 Å². The minimum absolute atomic E-state index is 0.0899. The van der Waals surface area contributed by atoms with Crippen LogP contribution in [-0.2, 0) is 16.0 Å². The molecule has 6 heteroatoms. The Bertz CT molecular complexity index is 691. The van der Waals surface area contributed by atoms with E-state index in [4.69, 9.17) is 10.5 Å². The molecule has 1 aromatic carbocycles. The van der Waals surface area contributed by atoms with E-state index in [0.29, 0.717) is 13.0 Å². The van der Waals surface area contributed by atoms with Crippen molar-refractivity contribution in [2.45, 2.75) is 19.4 Å². The number of amides is 1. The van der Waals surface area contributed by atoms with Gasteiger partial charge in [-0.3, -0.25) is 9.69 Å². The summed E-state index contributed by atoms with van der Waals surface area (Å²) in [6.45, 7) is 6.89. The molecular formula is C18H26N4O2. The number of morpholine rings is 1. The molecule has 0 aliphatic carbocycles. The molecule has 1 aromatic heterocycles. The summed E-state index contributed by atoms with van der Waals surface area (Å²) in [5, 5.41) is 4.10. The lowest BCUT2D eigenvalue weighted by Crippen LogP contribution is -2.46. The summed E-state index contributed by atoms with van der Waals surface area (Å²) in [7, 11) is 0. The smallest absolute Gasteiger partial charge is 0.237 e. The van der Waals surface area contributed by atoms with Gasteiger partial charge in [0.2, 0.25) is 5.91 Å². The lowest BCUT2D eigenvalue weighted by atomic mass is 10.0. The molecule has 0 saturated carbocycles. The highest BCUT2D eigenvalue weighted by molar-refractivity contribution is 5.87. The first-order chi connectivity index (χ1) is 11.6. The highest BCUT2D eigenvalue weighted by atomic mass is 16.5.